The summed E-state index contributed by atoms with van der Waals surface area (Å²) < 4.78 is 16.7. The summed E-state index contributed by atoms with van der Waals surface area (Å²) in [5.74, 6) is 0.674. The molecule has 3 rings (SSSR count). The molecular weight excluding hydrogens is 334 g/mol. The Bertz CT molecular complexity index is 788. The third-order valence-corrected chi connectivity index (χ3v) is 4.12. The van der Waals surface area contributed by atoms with Crippen LogP contribution >= 0.6 is 0 Å². The van der Waals surface area contributed by atoms with E-state index in [9.17, 15) is 4.79 Å². The van der Waals surface area contributed by atoms with E-state index in [1.54, 1.807) is 4.90 Å². The summed E-state index contributed by atoms with van der Waals surface area (Å²) in [6.45, 7) is 6.58. The molecule has 7 nitrogen and oxygen atoms in total. The van der Waals surface area contributed by atoms with Gasteiger partial charge in [-0.05, 0) is 45.7 Å². The minimum Gasteiger partial charge on any atom is -0.477 e. The highest BCUT2D eigenvalue weighted by atomic mass is 16.6. The normalized spacial score (nSPS) is 17.4. The average molecular weight is 359 g/mol. The predicted octanol–water partition coefficient (Wildman–Crippen LogP) is 3.42. The van der Waals surface area contributed by atoms with Crippen LogP contribution in [0.25, 0.3) is 11.0 Å². The van der Waals surface area contributed by atoms with Crippen LogP contribution in [0.4, 0.5) is 4.79 Å². The Balaban J connectivity index is 1.71. The molecule has 0 radical (unpaired) electrons. The van der Waals surface area contributed by atoms with Gasteiger partial charge < -0.3 is 19.1 Å². The van der Waals surface area contributed by atoms with Crippen LogP contribution in [0.5, 0.6) is 11.8 Å². The molecule has 1 aliphatic heterocycles. The lowest BCUT2D eigenvalue weighted by Gasteiger charge is -2.28. The molecular formula is C19H25N3O4. The van der Waals surface area contributed by atoms with Gasteiger partial charge in [-0.15, -0.1) is 0 Å². The zero-order valence-electron chi connectivity index (χ0n) is 15.7. The zero-order chi connectivity index (χ0) is 18.7. The summed E-state index contributed by atoms with van der Waals surface area (Å²) >= 11 is 0. The first kappa shape index (κ1) is 18.2. The van der Waals surface area contributed by atoms with Crippen molar-refractivity contribution in [3.63, 3.8) is 0 Å². The van der Waals surface area contributed by atoms with Crippen molar-refractivity contribution in [1.29, 1.82) is 0 Å². The molecule has 1 aromatic heterocycles. The van der Waals surface area contributed by atoms with Gasteiger partial charge in [-0.1, -0.05) is 12.1 Å². The summed E-state index contributed by atoms with van der Waals surface area (Å²) in [7, 11) is 1.54. The number of amides is 1. The number of rotatable bonds is 4. The number of carbonyl (C=O) groups excluding carboxylic acids is 1. The fraction of sp³-hybridized carbons (Fsp3) is 0.526. The lowest BCUT2D eigenvalue weighted by Crippen LogP contribution is -2.42. The van der Waals surface area contributed by atoms with Crippen LogP contribution in [0.2, 0.25) is 0 Å². The number of para-hydroxylation sites is 2. The van der Waals surface area contributed by atoms with Gasteiger partial charge in [0.15, 0.2) is 0 Å². The number of nitrogens with zero attached hydrogens (tertiary/aromatic N) is 3. The molecule has 0 N–H and O–H groups in total. The van der Waals surface area contributed by atoms with E-state index >= 15 is 0 Å². The molecule has 0 bridgehead atoms. The number of benzene rings is 1. The van der Waals surface area contributed by atoms with E-state index in [1.165, 1.54) is 7.11 Å². The van der Waals surface area contributed by atoms with E-state index in [1.807, 2.05) is 45.0 Å². The Labute approximate surface area is 153 Å². The van der Waals surface area contributed by atoms with Crippen molar-refractivity contribution in [1.82, 2.24) is 14.9 Å². The Morgan fingerprint density at radius 1 is 1.19 bits per heavy atom. The Morgan fingerprint density at radius 3 is 2.46 bits per heavy atom. The fourth-order valence-electron chi connectivity index (χ4n) is 2.94. The number of methoxy groups -OCH3 is 1. The average Bonchev–Trinajstić information content (AvgIpc) is 3.06. The van der Waals surface area contributed by atoms with Gasteiger partial charge in [-0.25, -0.2) is 14.8 Å². The maximum Gasteiger partial charge on any atom is 0.410 e. The van der Waals surface area contributed by atoms with Crippen LogP contribution in [0.3, 0.4) is 0 Å². The van der Waals surface area contributed by atoms with E-state index in [0.717, 1.165) is 23.9 Å². The van der Waals surface area contributed by atoms with Crippen molar-refractivity contribution >= 4 is 17.1 Å². The maximum atomic E-state index is 12.4. The lowest BCUT2D eigenvalue weighted by molar-refractivity contribution is 0.0185. The molecule has 1 saturated heterocycles. The van der Waals surface area contributed by atoms with Crippen molar-refractivity contribution in [3.8, 4) is 11.8 Å². The summed E-state index contributed by atoms with van der Waals surface area (Å²) in [5.41, 5.74) is 0.963. The van der Waals surface area contributed by atoms with Gasteiger partial charge in [0.25, 0.3) is 11.8 Å². The van der Waals surface area contributed by atoms with E-state index in [4.69, 9.17) is 14.2 Å². The smallest absolute Gasteiger partial charge is 0.410 e. The van der Waals surface area contributed by atoms with Crippen LogP contribution in [-0.4, -0.2) is 52.9 Å². The van der Waals surface area contributed by atoms with Gasteiger partial charge in [0.05, 0.1) is 24.2 Å². The van der Waals surface area contributed by atoms with E-state index in [-0.39, 0.29) is 12.1 Å². The molecule has 140 valence electrons. The third kappa shape index (κ3) is 4.15. The molecule has 1 aromatic carbocycles. The van der Waals surface area contributed by atoms with Gasteiger partial charge in [0, 0.05) is 6.54 Å². The van der Waals surface area contributed by atoms with E-state index in [0.29, 0.717) is 24.9 Å². The first-order chi connectivity index (χ1) is 12.4. The van der Waals surface area contributed by atoms with Gasteiger partial charge in [0.1, 0.15) is 12.2 Å². The van der Waals surface area contributed by atoms with Crippen LogP contribution in [0.1, 0.15) is 33.6 Å². The Kier molecular flexibility index (Phi) is 5.15. The molecule has 1 atom stereocenters. The Morgan fingerprint density at radius 2 is 1.85 bits per heavy atom. The minimum absolute atomic E-state index is 0.0529. The van der Waals surface area contributed by atoms with Gasteiger partial charge >= 0.3 is 6.09 Å². The van der Waals surface area contributed by atoms with E-state index in [2.05, 4.69) is 9.97 Å². The predicted molar refractivity (Wildman–Crippen MR) is 97.5 cm³/mol. The van der Waals surface area contributed by atoms with Crippen molar-refractivity contribution in [2.24, 2.45) is 0 Å². The SMILES string of the molecule is COc1nc2ccccc2nc1OCC1CCCN1C(=O)OC(C)(C)C. The molecule has 26 heavy (non-hydrogen) atoms. The summed E-state index contributed by atoms with van der Waals surface area (Å²) in [6, 6.07) is 7.48. The summed E-state index contributed by atoms with van der Waals surface area (Å²) in [5, 5.41) is 0. The first-order valence-electron chi connectivity index (χ1n) is 8.80. The Hall–Kier alpha value is -2.57. The molecule has 1 fully saturated rings. The van der Waals surface area contributed by atoms with Crippen LogP contribution in [0, 0.1) is 0 Å². The van der Waals surface area contributed by atoms with Gasteiger partial charge in [-0.2, -0.15) is 0 Å². The quantitative estimate of drug-likeness (QED) is 0.833. The summed E-state index contributed by atoms with van der Waals surface area (Å²) in [4.78, 5) is 23.0. The molecule has 0 aliphatic carbocycles. The summed E-state index contributed by atoms with van der Waals surface area (Å²) in [6.07, 6.45) is 1.48. The molecule has 2 heterocycles. The van der Waals surface area contributed by atoms with Crippen LogP contribution in [0.15, 0.2) is 24.3 Å². The molecule has 0 saturated carbocycles. The third-order valence-electron chi connectivity index (χ3n) is 4.12. The highest BCUT2D eigenvalue weighted by Crippen LogP contribution is 2.27. The second-order valence-electron chi connectivity index (χ2n) is 7.31. The number of aromatic nitrogens is 2. The molecule has 1 amide bonds. The highest BCUT2D eigenvalue weighted by Gasteiger charge is 2.33. The van der Waals surface area contributed by atoms with Gasteiger partial charge in [-0.3, -0.25) is 0 Å². The molecule has 2 aromatic rings. The van der Waals surface area contributed by atoms with Crippen molar-refractivity contribution in [2.75, 3.05) is 20.3 Å². The standard InChI is InChI=1S/C19H25N3O4/c1-19(2,3)26-18(23)22-11-7-8-13(22)12-25-17-16(24-4)20-14-9-5-6-10-15(14)21-17/h5-6,9-10,13H,7-8,11-12H2,1-4H3. The van der Waals surface area contributed by atoms with Gasteiger partial charge in [0.2, 0.25) is 0 Å². The van der Waals surface area contributed by atoms with Crippen molar-refractivity contribution in [2.45, 2.75) is 45.3 Å². The second kappa shape index (κ2) is 7.35. The molecule has 1 unspecified atom stereocenters. The molecule has 7 heteroatoms. The number of fused-ring (bicyclic) bond motifs is 1. The van der Waals surface area contributed by atoms with Crippen molar-refractivity contribution < 1.29 is 19.0 Å². The monoisotopic (exact) mass is 359 g/mol. The number of hydrogen-bond donors (Lipinski definition) is 0. The number of likely N-dealkylation sites (tertiary alicyclic amines) is 1. The fourth-order valence-corrected chi connectivity index (χ4v) is 2.94. The number of ether oxygens (including phenoxy) is 3. The van der Waals surface area contributed by atoms with Crippen molar-refractivity contribution in [3.05, 3.63) is 24.3 Å². The maximum absolute atomic E-state index is 12.4. The molecule has 1 aliphatic rings. The minimum atomic E-state index is -0.516. The number of hydrogen-bond acceptors (Lipinski definition) is 6. The lowest BCUT2D eigenvalue weighted by atomic mass is 10.2. The van der Waals surface area contributed by atoms with Crippen LogP contribution in [-0.2, 0) is 4.74 Å². The van der Waals surface area contributed by atoms with E-state index < -0.39 is 5.60 Å². The van der Waals surface area contributed by atoms with Crippen LogP contribution < -0.4 is 9.47 Å². The number of carbonyl (C=O) groups is 1. The zero-order valence-corrected chi connectivity index (χ0v) is 15.7. The highest BCUT2D eigenvalue weighted by molar-refractivity contribution is 5.75. The molecule has 0 spiro atoms. The second-order valence-corrected chi connectivity index (χ2v) is 7.31. The largest absolute Gasteiger partial charge is 0.477 e. The first-order valence-corrected chi connectivity index (χ1v) is 8.80. The topological polar surface area (TPSA) is 73.8 Å².